The third-order valence-electron chi connectivity index (χ3n) is 3.15. The molecule has 2 aromatic carbocycles. The average Bonchev–Trinajstić information content (AvgIpc) is 2.90. The standard InChI is InChI=1S/C15H9F3N2O/c16-15(17,18)12-4-6-13(7-5-12)20-8-10-2-1-3-11(9-21)14(10)19-20/h1-9H. The average molecular weight is 290 g/mol. The summed E-state index contributed by atoms with van der Waals surface area (Å²) in [6.07, 6.45) is -1.99. The highest BCUT2D eigenvalue weighted by molar-refractivity contribution is 5.95. The van der Waals surface area contributed by atoms with Gasteiger partial charge >= 0.3 is 6.18 Å². The minimum absolute atomic E-state index is 0.443. The number of benzene rings is 2. The molecule has 0 aliphatic rings. The highest BCUT2D eigenvalue weighted by atomic mass is 19.4. The number of fused-ring (bicyclic) bond motifs is 1. The maximum absolute atomic E-state index is 12.5. The van der Waals surface area contributed by atoms with Gasteiger partial charge in [0.1, 0.15) is 5.52 Å². The number of carbonyl (C=O) groups excluding carboxylic acids is 1. The highest BCUT2D eigenvalue weighted by Crippen LogP contribution is 2.29. The third-order valence-corrected chi connectivity index (χ3v) is 3.15. The van der Waals surface area contributed by atoms with Crippen molar-refractivity contribution in [3.63, 3.8) is 0 Å². The molecule has 3 nitrogen and oxygen atoms in total. The van der Waals surface area contributed by atoms with Crippen molar-refractivity contribution in [2.24, 2.45) is 0 Å². The normalized spacial score (nSPS) is 11.8. The van der Waals surface area contributed by atoms with Crippen LogP contribution >= 0.6 is 0 Å². The zero-order valence-electron chi connectivity index (χ0n) is 10.6. The van der Waals surface area contributed by atoms with E-state index in [1.807, 2.05) is 0 Å². The lowest BCUT2D eigenvalue weighted by Gasteiger charge is -2.07. The predicted octanol–water partition coefficient (Wildman–Crippen LogP) is 3.86. The van der Waals surface area contributed by atoms with E-state index in [2.05, 4.69) is 5.10 Å². The quantitative estimate of drug-likeness (QED) is 0.672. The van der Waals surface area contributed by atoms with Crippen LogP contribution in [0.3, 0.4) is 0 Å². The van der Waals surface area contributed by atoms with Crippen LogP contribution in [0.2, 0.25) is 0 Å². The van der Waals surface area contributed by atoms with Gasteiger partial charge in [-0.1, -0.05) is 12.1 Å². The SMILES string of the molecule is O=Cc1cccc2cn(-c3ccc(C(F)(F)F)cc3)nc12. The summed E-state index contributed by atoms with van der Waals surface area (Å²) in [4.78, 5) is 10.9. The minimum Gasteiger partial charge on any atom is -0.298 e. The number of alkyl halides is 3. The van der Waals surface area contributed by atoms with E-state index in [9.17, 15) is 18.0 Å². The van der Waals surface area contributed by atoms with Crippen LogP contribution in [0.25, 0.3) is 16.6 Å². The second-order valence-corrected chi connectivity index (χ2v) is 4.52. The van der Waals surface area contributed by atoms with Crippen molar-refractivity contribution in [3.05, 3.63) is 59.8 Å². The molecule has 0 bridgehead atoms. The second-order valence-electron chi connectivity index (χ2n) is 4.52. The first-order valence-corrected chi connectivity index (χ1v) is 6.10. The number of aromatic nitrogens is 2. The van der Waals surface area contributed by atoms with Crippen LogP contribution in [0, 0.1) is 0 Å². The lowest BCUT2D eigenvalue weighted by atomic mass is 10.2. The molecule has 0 saturated carbocycles. The van der Waals surface area contributed by atoms with E-state index in [0.29, 0.717) is 23.1 Å². The van der Waals surface area contributed by atoms with Gasteiger partial charge in [-0.2, -0.15) is 18.3 Å². The van der Waals surface area contributed by atoms with E-state index in [1.165, 1.54) is 16.8 Å². The second kappa shape index (κ2) is 4.73. The molecular formula is C15H9F3N2O. The van der Waals surface area contributed by atoms with E-state index in [-0.39, 0.29) is 0 Å². The molecule has 0 aliphatic heterocycles. The molecule has 0 amide bonds. The Morgan fingerprint density at radius 3 is 2.38 bits per heavy atom. The van der Waals surface area contributed by atoms with Crippen LogP contribution in [0.5, 0.6) is 0 Å². The van der Waals surface area contributed by atoms with Crippen LogP contribution in [-0.2, 0) is 6.18 Å². The van der Waals surface area contributed by atoms with Crippen molar-refractivity contribution < 1.29 is 18.0 Å². The maximum Gasteiger partial charge on any atom is 0.416 e. The van der Waals surface area contributed by atoms with Gasteiger partial charge in [-0.05, 0) is 30.3 Å². The molecule has 3 rings (SSSR count). The molecule has 0 N–H and O–H groups in total. The molecule has 0 spiro atoms. The van der Waals surface area contributed by atoms with Crippen molar-refractivity contribution >= 4 is 17.2 Å². The zero-order valence-corrected chi connectivity index (χ0v) is 10.6. The lowest BCUT2D eigenvalue weighted by Crippen LogP contribution is -2.05. The molecule has 21 heavy (non-hydrogen) atoms. The molecular weight excluding hydrogens is 281 g/mol. The van der Waals surface area contributed by atoms with Gasteiger partial charge in [-0.25, -0.2) is 4.68 Å². The van der Waals surface area contributed by atoms with Crippen molar-refractivity contribution in [1.82, 2.24) is 9.78 Å². The van der Waals surface area contributed by atoms with Crippen LogP contribution in [0.15, 0.2) is 48.7 Å². The molecule has 3 aromatic rings. The maximum atomic E-state index is 12.5. The summed E-state index contributed by atoms with van der Waals surface area (Å²) in [7, 11) is 0. The van der Waals surface area contributed by atoms with E-state index in [4.69, 9.17) is 0 Å². The summed E-state index contributed by atoms with van der Waals surface area (Å²) in [6, 6.07) is 9.84. The third kappa shape index (κ3) is 2.40. The Kier molecular flexibility index (Phi) is 3.01. The monoisotopic (exact) mass is 290 g/mol. The lowest BCUT2D eigenvalue weighted by molar-refractivity contribution is -0.137. The Labute approximate surface area is 117 Å². The van der Waals surface area contributed by atoms with E-state index < -0.39 is 11.7 Å². The predicted molar refractivity (Wildman–Crippen MR) is 71.5 cm³/mol. The number of hydrogen-bond donors (Lipinski definition) is 0. The Morgan fingerprint density at radius 1 is 1.05 bits per heavy atom. The van der Waals surface area contributed by atoms with Crippen LogP contribution < -0.4 is 0 Å². The number of aldehydes is 1. The summed E-state index contributed by atoms with van der Waals surface area (Å²) >= 11 is 0. The number of carbonyl (C=O) groups is 1. The first-order valence-electron chi connectivity index (χ1n) is 6.10. The molecule has 1 aromatic heterocycles. The van der Waals surface area contributed by atoms with Crippen LogP contribution in [0.4, 0.5) is 13.2 Å². The van der Waals surface area contributed by atoms with Crippen molar-refractivity contribution in [2.75, 3.05) is 0 Å². The Bertz CT molecular complexity index is 804. The molecule has 0 atom stereocenters. The molecule has 106 valence electrons. The molecule has 0 radical (unpaired) electrons. The van der Waals surface area contributed by atoms with Gasteiger partial charge in [0.25, 0.3) is 0 Å². The Balaban J connectivity index is 2.06. The topological polar surface area (TPSA) is 34.9 Å². The van der Waals surface area contributed by atoms with E-state index >= 15 is 0 Å². The van der Waals surface area contributed by atoms with Gasteiger partial charge in [-0.3, -0.25) is 4.79 Å². The zero-order chi connectivity index (χ0) is 15.0. The smallest absolute Gasteiger partial charge is 0.298 e. The van der Waals surface area contributed by atoms with Gasteiger partial charge < -0.3 is 0 Å². The highest BCUT2D eigenvalue weighted by Gasteiger charge is 2.30. The molecule has 6 heteroatoms. The Morgan fingerprint density at radius 2 is 1.76 bits per heavy atom. The Hall–Kier alpha value is -2.63. The summed E-state index contributed by atoms with van der Waals surface area (Å²) < 4.78 is 39.0. The van der Waals surface area contributed by atoms with E-state index in [0.717, 1.165) is 17.5 Å². The first-order chi connectivity index (χ1) is 9.99. The number of nitrogens with zero attached hydrogens (tertiary/aromatic N) is 2. The van der Waals surface area contributed by atoms with Crippen molar-refractivity contribution in [3.8, 4) is 5.69 Å². The molecule has 0 aliphatic carbocycles. The summed E-state index contributed by atoms with van der Waals surface area (Å²) in [5.74, 6) is 0. The summed E-state index contributed by atoms with van der Waals surface area (Å²) in [6.45, 7) is 0. The van der Waals surface area contributed by atoms with Gasteiger partial charge in [-0.15, -0.1) is 0 Å². The number of hydrogen-bond acceptors (Lipinski definition) is 2. The summed E-state index contributed by atoms with van der Waals surface area (Å²) in [5.41, 5.74) is 0.748. The molecule has 0 saturated heterocycles. The summed E-state index contributed by atoms with van der Waals surface area (Å²) in [5, 5.41) is 5.00. The fourth-order valence-electron chi connectivity index (χ4n) is 2.10. The molecule has 0 unspecified atom stereocenters. The van der Waals surface area contributed by atoms with Crippen molar-refractivity contribution in [2.45, 2.75) is 6.18 Å². The van der Waals surface area contributed by atoms with Gasteiger partial charge in [0.15, 0.2) is 6.29 Å². The van der Waals surface area contributed by atoms with Gasteiger partial charge in [0, 0.05) is 17.1 Å². The van der Waals surface area contributed by atoms with Crippen molar-refractivity contribution in [1.29, 1.82) is 0 Å². The largest absolute Gasteiger partial charge is 0.416 e. The first kappa shape index (κ1) is 13.4. The van der Waals surface area contributed by atoms with Crippen LogP contribution in [0.1, 0.15) is 15.9 Å². The molecule has 0 fully saturated rings. The van der Waals surface area contributed by atoms with E-state index in [1.54, 1.807) is 24.4 Å². The fourth-order valence-corrected chi connectivity index (χ4v) is 2.10. The number of rotatable bonds is 2. The van der Waals surface area contributed by atoms with Gasteiger partial charge in [0.2, 0.25) is 0 Å². The molecule has 1 heterocycles. The fraction of sp³-hybridized carbons (Fsp3) is 0.0667. The number of halogens is 3. The minimum atomic E-state index is -4.36. The van der Waals surface area contributed by atoms with Gasteiger partial charge in [0.05, 0.1) is 11.3 Å². The van der Waals surface area contributed by atoms with Crippen LogP contribution in [-0.4, -0.2) is 16.1 Å².